The van der Waals surface area contributed by atoms with E-state index in [9.17, 15) is 4.39 Å². The van der Waals surface area contributed by atoms with E-state index in [1.165, 1.54) is 6.07 Å². The zero-order valence-corrected chi connectivity index (χ0v) is 11.8. The molecule has 0 radical (unpaired) electrons. The summed E-state index contributed by atoms with van der Waals surface area (Å²) in [6, 6.07) is 5.09. The molecule has 0 spiro atoms. The van der Waals surface area contributed by atoms with Crippen molar-refractivity contribution in [1.82, 2.24) is 5.32 Å². The van der Waals surface area contributed by atoms with Gasteiger partial charge in [0.15, 0.2) is 0 Å². The first kappa shape index (κ1) is 15.0. The van der Waals surface area contributed by atoms with Crippen molar-refractivity contribution in [3.63, 3.8) is 0 Å². The molecule has 1 rings (SSSR count). The number of hydrogen-bond donors (Lipinski definition) is 1. The van der Waals surface area contributed by atoms with E-state index in [0.717, 1.165) is 24.2 Å². The third-order valence-corrected chi connectivity index (χ3v) is 2.75. The smallest absolute Gasteiger partial charge is 0.124 e. The monoisotopic (exact) mass is 253 g/mol. The van der Waals surface area contributed by atoms with Crippen LogP contribution in [-0.2, 0) is 6.54 Å². The summed E-state index contributed by atoms with van der Waals surface area (Å²) in [4.78, 5) is 0. The molecule has 0 aliphatic heterocycles. The number of benzene rings is 1. The molecule has 1 aromatic carbocycles. The third-order valence-electron chi connectivity index (χ3n) is 2.75. The van der Waals surface area contributed by atoms with Crippen molar-refractivity contribution in [3.8, 4) is 5.75 Å². The van der Waals surface area contributed by atoms with Gasteiger partial charge in [-0.05, 0) is 31.5 Å². The van der Waals surface area contributed by atoms with E-state index in [-0.39, 0.29) is 11.9 Å². The third kappa shape index (κ3) is 5.05. The number of nitrogens with one attached hydrogen (secondary N) is 1. The van der Waals surface area contributed by atoms with Crippen LogP contribution in [-0.4, -0.2) is 12.1 Å². The molecule has 0 amide bonds. The van der Waals surface area contributed by atoms with Gasteiger partial charge >= 0.3 is 0 Å². The van der Waals surface area contributed by atoms with Crippen LogP contribution < -0.4 is 10.1 Å². The Labute approximate surface area is 110 Å². The molecule has 0 aromatic heterocycles. The van der Waals surface area contributed by atoms with Gasteiger partial charge in [0.1, 0.15) is 11.6 Å². The van der Waals surface area contributed by atoms with E-state index in [4.69, 9.17) is 4.74 Å². The van der Waals surface area contributed by atoms with Gasteiger partial charge in [0, 0.05) is 18.2 Å². The maximum absolute atomic E-state index is 13.3. The van der Waals surface area contributed by atoms with Crippen molar-refractivity contribution in [3.05, 3.63) is 29.6 Å². The first-order chi connectivity index (χ1) is 8.52. The van der Waals surface area contributed by atoms with Crippen molar-refractivity contribution >= 4 is 0 Å². The average molecular weight is 253 g/mol. The number of hydrogen-bond acceptors (Lipinski definition) is 2. The van der Waals surface area contributed by atoms with Crippen LogP contribution in [0, 0.1) is 5.82 Å². The lowest BCUT2D eigenvalue weighted by Gasteiger charge is -2.18. The molecule has 1 N–H and O–H groups in total. The van der Waals surface area contributed by atoms with Crippen LogP contribution in [0.4, 0.5) is 4.39 Å². The predicted octanol–water partition coefficient (Wildman–Crippen LogP) is 3.89. The Kier molecular flexibility index (Phi) is 6.13. The quantitative estimate of drug-likeness (QED) is 0.796. The summed E-state index contributed by atoms with van der Waals surface area (Å²) in [5.74, 6) is 0.566. The SMILES string of the molecule is CCCC(C)Oc1ccc(F)cc1CNC(C)C. The van der Waals surface area contributed by atoms with E-state index < -0.39 is 0 Å². The van der Waals surface area contributed by atoms with Gasteiger partial charge in [0.2, 0.25) is 0 Å². The maximum Gasteiger partial charge on any atom is 0.124 e. The molecule has 3 heteroatoms. The zero-order chi connectivity index (χ0) is 13.5. The van der Waals surface area contributed by atoms with Gasteiger partial charge in [-0.1, -0.05) is 27.2 Å². The number of ether oxygens (including phenoxy) is 1. The van der Waals surface area contributed by atoms with Crippen LogP contribution in [0.25, 0.3) is 0 Å². The minimum atomic E-state index is -0.217. The summed E-state index contributed by atoms with van der Waals surface area (Å²) >= 11 is 0. The van der Waals surface area contributed by atoms with E-state index in [1.54, 1.807) is 12.1 Å². The largest absolute Gasteiger partial charge is 0.490 e. The van der Waals surface area contributed by atoms with Gasteiger partial charge in [-0.15, -0.1) is 0 Å². The van der Waals surface area contributed by atoms with Crippen molar-refractivity contribution in [1.29, 1.82) is 0 Å². The van der Waals surface area contributed by atoms with E-state index in [2.05, 4.69) is 26.1 Å². The summed E-state index contributed by atoms with van der Waals surface area (Å²) in [5.41, 5.74) is 0.881. The van der Waals surface area contributed by atoms with Gasteiger partial charge in [-0.25, -0.2) is 4.39 Å². The van der Waals surface area contributed by atoms with Crippen LogP contribution in [0.5, 0.6) is 5.75 Å². The number of rotatable bonds is 7. The highest BCUT2D eigenvalue weighted by Gasteiger charge is 2.09. The van der Waals surface area contributed by atoms with Crippen LogP contribution in [0.1, 0.15) is 46.1 Å². The molecule has 0 fully saturated rings. The Morgan fingerprint density at radius 1 is 1.28 bits per heavy atom. The minimum Gasteiger partial charge on any atom is -0.490 e. The zero-order valence-electron chi connectivity index (χ0n) is 11.8. The van der Waals surface area contributed by atoms with Gasteiger partial charge < -0.3 is 10.1 Å². The molecule has 102 valence electrons. The van der Waals surface area contributed by atoms with Crippen molar-refractivity contribution in [2.75, 3.05) is 0 Å². The molecule has 1 aromatic rings. The second-order valence-electron chi connectivity index (χ2n) is 5.00. The fourth-order valence-electron chi connectivity index (χ4n) is 1.80. The molecule has 0 bridgehead atoms. The molecule has 2 nitrogen and oxygen atoms in total. The summed E-state index contributed by atoms with van der Waals surface area (Å²) in [7, 11) is 0. The lowest BCUT2D eigenvalue weighted by atomic mass is 10.1. The molecule has 18 heavy (non-hydrogen) atoms. The minimum absolute atomic E-state index is 0.165. The summed E-state index contributed by atoms with van der Waals surface area (Å²) in [5, 5.41) is 3.29. The van der Waals surface area contributed by atoms with Crippen molar-refractivity contribution < 1.29 is 9.13 Å². The molecule has 0 aliphatic rings. The number of halogens is 1. The molecule has 0 saturated carbocycles. The molecular formula is C15H24FNO. The van der Waals surface area contributed by atoms with Crippen LogP contribution in [0.3, 0.4) is 0 Å². The highest BCUT2D eigenvalue weighted by atomic mass is 19.1. The molecule has 0 aliphatic carbocycles. The fraction of sp³-hybridized carbons (Fsp3) is 0.600. The first-order valence-electron chi connectivity index (χ1n) is 6.71. The first-order valence-corrected chi connectivity index (χ1v) is 6.71. The Balaban J connectivity index is 2.75. The van der Waals surface area contributed by atoms with Crippen LogP contribution in [0.15, 0.2) is 18.2 Å². The Bertz CT molecular complexity index is 366. The van der Waals surface area contributed by atoms with Crippen LogP contribution >= 0.6 is 0 Å². The molecule has 0 saturated heterocycles. The Morgan fingerprint density at radius 2 is 2.00 bits per heavy atom. The summed E-state index contributed by atoms with van der Waals surface area (Å²) in [6.45, 7) is 8.95. The van der Waals surface area contributed by atoms with E-state index >= 15 is 0 Å². The van der Waals surface area contributed by atoms with Gasteiger partial charge in [-0.2, -0.15) is 0 Å². The topological polar surface area (TPSA) is 21.3 Å². The van der Waals surface area contributed by atoms with Crippen molar-refractivity contribution in [2.45, 2.75) is 59.2 Å². The average Bonchev–Trinajstić information content (AvgIpc) is 2.29. The maximum atomic E-state index is 13.3. The molecular weight excluding hydrogens is 229 g/mol. The van der Waals surface area contributed by atoms with E-state index in [1.807, 2.05) is 6.92 Å². The fourth-order valence-corrected chi connectivity index (χ4v) is 1.80. The molecule has 1 atom stereocenters. The highest BCUT2D eigenvalue weighted by molar-refractivity contribution is 5.34. The highest BCUT2D eigenvalue weighted by Crippen LogP contribution is 2.22. The van der Waals surface area contributed by atoms with Gasteiger partial charge in [0.05, 0.1) is 6.10 Å². The standard InChI is InChI=1S/C15H24FNO/c1-5-6-12(4)18-15-8-7-14(16)9-13(15)10-17-11(2)3/h7-9,11-12,17H,5-6,10H2,1-4H3. The molecule has 1 unspecified atom stereocenters. The van der Waals surface area contributed by atoms with Crippen LogP contribution in [0.2, 0.25) is 0 Å². The second kappa shape index (κ2) is 7.37. The lowest BCUT2D eigenvalue weighted by Crippen LogP contribution is -2.23. The van der Waals surface area contributed by atoms with E-state index in [0.29, 0.717) is 12.6 Å². The predicted molar refractivity (Wildman–Crippen MR) is 73.4 cm³/mol. The Morgan fingerprint density at radius 3 is 2.61 bits per heavy atom. The molecule has 0 heterocycles. The summed E-state index contributed by atoms with van der Waals surface area (Å²) in [6.07, 6.45) is 2.26. The second-order valence-corrected chi connectivity index (χ2v) is 5.00. The summed E-state index contributed by atoms with van der Waals surface area (Å²) < 4.78 is 19.1. The van der Waals surface area contributed by atoms with Crippen molar-refractivity contribution in [2.24, 2.45) is 0 Å². The van der Waals surface area contributed by atoms with Gasteiger partial charge in [0.25, 0.3) is 0 Å². The normalized spacial score (nSPS) is 12.8. The Hall–Kier alpha value is -1.09. The lowest BCUT2D eigenvalue weighted by molar-refractivity contribution is 0.207. The van der Waals surface area contributed by atoms with Gasteiger partial charge in [-0.3, -0.25) is 0 Å².